The minimum Gasteiger partial charge on any atom is -0.471 e. The van der Waals surface area contributed by atoms with Crippen molar-refractivity contribution in [2.24, 2.45) is 5.92 Å². The molecule has 0 atom stereocenters. The van der Waals surface area contributed by atoms with E-state index in [1.54, 1.807) is 24.3 Å². The molecule has 0 spiro atoms. The predicted octanol–water partition coefficient (Wildman–Crippen LogP) is 8.15. The SMILES string of the molecule is O=C(NCc1ccc(Cl)c(Nc2nc3nc(OCC(F)F)c(C(=O)NC4CCC(C(F)(F)F)CC4)cc3[nH]2)c1Cl)c1ccc(Cl)s1. The summed E-state index contributed by atoms with van der Waals surface area (Å²) < 4.78 is 70.7. The standard InChI is InChI=1S/C28H24Cl3F5N6O3S/c29-16-6-1-12(10-37-25(44)18-7-8-19(30)46-18)21(31)22(16)40-27-39-17-9-15(26(41-23(17)42-27)45-11-20(32)33)24(43)38-14-4-2-13(3-5-14)28(34,35)36/h1,6-9,13-14,20H,2-5,10-11H2,(H,37,44)(H,38,43)(H2,39,40,41,42). The quantitative estimate of drug-likeness (QED) is 0.123. The maximum absolute atomic E-state index is 13.2. The van der Waals surface area contributed by atoms with Crippen LogP contribution in [-0.2, 0) is 6.54 Å². The van der Waals surface area contributed by atoms with Crippen molar-refractivity contribution in [1.82, 2.24) is 25.6 Å². The number of hydrogen-bond acceptors (Lipinski definition) is 7. The molecule has 5 rings (SSSR count). The van der Waals surface area contributed by atoms with Gasteiger partial charge in [0.1, 0.15) is 5.56 Å². The molecule has 3 heterocycles. The van der Waals surface area contributed by atoms with Crippen molar-refractivity contribution in [3.63, 3.8) is 0 Å². The first kappa shape index (κ1) is 33.9. The molecule has 0 saturated heterocycles. The van der Waals surface area contributed by atoms with Crippen molar-refractivity contribution >= 4 is 80.8 Å². The van der Waals surface area contributed by atoms with E-state index >= 15 is 0 Å². The molecular formula is C28H24Cl3F5N6O3S. The number of anilines is 2. The molecule has 1 aliphatic rings. The third-order valence-corrected chi connectivity index (χ3v) is 9.18. The third kappa shape index (κ3) is 8.11. The number of nitrogens with one attached hydrogen (secondary N) is 4. The number of hydrogen-bond donors (Lipinski definition) is 4. The maximum atomic E-state index is 13.2. The predicted molar refractivity (Wildman–Crippen MR) is 165 cm³/mol. The van der Waals surface area contributed by atoms with Crippen molar-refractivity contribution < 1.29 is 36.3 Å². The van der Waals surface area contributed by atoms with Crippen LogP contribution in [0.1, 0.15) is 51.3 Å². The van der Waals surface area contributed by atoms with Gasteiger partial charge in [0.2, 0.25) is 11.8 Å². The highest BCUT2D eigenvalue weighted by atomic mass is 35.5. The van der Waals surface area contributed by atoms with Crippen LogP contribution >= 0.6 is 46.1 Å². The summed E-state index contributed by atoms with van der Waals surface area (Å²) in [5, 5.41) is 8.74. The second-order valence-electron chi connectivity index (χ2n) is 10.4. The number of H-pyrrole nitrogens is 1. The third-order valence-electron chi connectivity index (χ3n) is 7.21. The van der Waals surface area contributed by atoms with Gasteiger partial charge >= 0.3 is 6.18 Å². The van der Waals surface area contributed by atoms with E-state index in [1.165, 1.54) is 6.07 Å². The van der Waals surface area contributed by atoms with Crippen molar-refractivity contribution in [3.05, 3.63) is 60.7 Å². The number of amides is 2. The van der Waals surface area contributed by atoms with Crippen molar-refractivity contribution in [1.29, 1.82) is 0 Å². The number of rotatable bonds is 10. The zero-order valence-electron chi connectivity index (χ0n) is 23.4. The minimum absolute atomic E-state index is 0.000673. The molecule has 1 fully saturated rings. The van der Waals surface area contributed by atoms with Crippen LogP contribution in [0.4, 0.5) is 33.6 Å². The molecule has 1 aliphatic carbocycles. The van der Waals surface area contributed by atoms with Crippen LogP contribution < -0.4 is 20.7 Å². The summed E-state index contributed by atoms with van der Waals surface area (Å²) in [6, 6.07) is 7.13. The van der Waals surface area contributed by atoms with Crippen molar-refractivity contribution in [2.75, 3.05) is 11.9 Å². The van der Waals surface area contributed by atoms with Gasteiger partial charge in [-0.05, 0) is 55.5 Å². The van der Waals surface area contributed by atoms with Crippen LogP contribution in [0.3, 0.4) is 0 Å². The van der Waals surface area contributed by atoms with Crippen LogP contribution in [0, 0.1) is 5.92 Å². The highest BCUT2D eigenvalue weighted by Gasteiger charge is 2.41. The summed E-state index contributed by atoms with van der Waals surface area (Å²) in [6.45, 7) is -0.999. The number of ether oxygens (including phenoxy) is 1. The van der Waals surface area contributed by atoms with Gasteiger partial charge in [-0.1, -0.05) is 40.9 Å². The zero-order valence-corrected chi connectivity index (χ0v) is 26.5. The number of carbonyl (C=O) groups is 2. The number of imidazole rings is 1. The highest BCUT2D eigenvalue weighted by Crippen LogP contribution is 2.38. The zero-order chi connectivity index (χ0) is 33.2. The molecule has 0 bridgehead atoms. The van der Waals surface area contributed by atoms with E-state index in [2.05, 4.69) is 30.9 Å². The van der Waals surface area contributed by atoms with Gasteiger partial charge in [0.25, 0.3) is 18.2 Å². The fourth-order valence-corrected chi connectivity index (χ4v) is 6.38. The maximum Gasteiger partial charge on any atom is 0.391 e. The summed E-state index contributed by atoms with van der Waals surface area (Å²) in [6.07, 6.45) is -7.26. The number of aromatic nitrogens is 3. The van der Waals surface area contributed by atoms with Gasteiger partial charge in [-0.3, -0.25) is 9.59 Å². The van der Waals surface area contributed by atoms with Crippen LogP contribution in [0.2, 0.25) is 14.4 Å². The Morgan fingerprint density at radius 2 is 1.78 bits per heavy atom. The minimum atomic E-state index is -4.31. The topological polar surface area (TPSA) is 121 Å². The second kappa shape index (κ2) is 14.2. The largest absolute Gasteiger partial charge is 0.471 e. The molecule has 0 aliphatic heterocycles. The van der Waals surface area contributed by atoms with Gasteiger partial charge in [0.15, 0.2) is 12.3 Å². The van der Waals surface area contributed by atoms with Crippen molar-refractivity contribution in [3.8, 4) is 5.88 Å². The Balaban J connectivity index is 1.34. The van der Waals surface area contributed by atoms with Gasteiger partial charge in [-0.2, -0.15) is 23.1 Å². The van der Waals surface area contributed by atoms with Crippen LogP contribution in [-0.4, -0.2) is 52.0 Å². The van der Waals surface area contributed by atoms with Crippen molar-refractivity contribution in [2.45, 2.75) is 50.9 Å². The summed E-state index contributed by atoms with van der Waals surface area (Å²) in [4.78, 5) is 37.4. The Kier molecular flexibility index (Phi) is 10.4. The molecule has 246 valence electrons. The molecule has 3 aromatic heterocycles. The first-order valence-corrected chi connectivity index (χ1v) is 15.7. The fourth-order valence-electron chi connectivity index (χ4n) is 4.89. The summed E-state index contributed by atoms with van der Waals surface area (Å²) in [7, 11) is 0. The Labute approximate surface area is 277 Å². The van der Waals surface area contributed by atoms with E-state index in [0.717, 1.165) is 11.3 Å². The smallest absolute Gasteiger partial charge is 0.391 e. The molecular weight excluding hydrogens is 702 g/mol. The number of aromatic amines is 1. The number of pyridine rings is 1. The average molecular weight is 726 g/mol. The molecule has 18 heteroatoms. The summed E-state index contributed by atoms with van der Waals surface area (Å²) >= 11 is 20.0. The van der Waals surface area contributed by atoms with Crippen LogP contribution in [0.5, 0.6) is 5.88 Å². The Bertz CT molecular complexity index is 1740. The van der Waals surface area contributed by atoms with Gasteiger partial charge in [0.05, 0.1) is 36.4 Å². The lowest BCUT2D eigenvalue weighted by Crippen LogP contribution is -2.40. The van der Waals surface area contributed by atoms with Gasteiger partial charge in [0, 0.05) is 12.6 Å². The van der Waals surface area contributed by atoms with Gasteiger partial charge < -0.3 is 25.7 Å². The number of nitrogens with zero attached hydrogens (tertiary/aromatic N) is 2. The van der Waals surface area contributed by atoms with Gasteiger partial charge in [-0.15, -0.1) is 11.3 Å². The van der Waals surface area contributed by atoms with E-state index in [9.17, 15) is 31.5 Å². The lowest BCUT2D eigenvalue weighted by atomic mass is 9.85. The lowest BCUT2D eigenvalue weighted by Gasteiger charge is -2.30. The first-order valence-electron chi connectivity index (χ1n) is 13.7. The van der Waals surface area contributed by atoms with Crippen LogP contribution in [0.25, 0.3) is 11.2 Å². The Morgan fingerprint density at radius 1 is 1.04 bits per heavy atom. The molecule has 1 saturated carbocycles. The number of fused-ring (bicyclic) bond motifs is 1. The average Bonchev–Trinajstić information content (AvgIpc) is 3.62. The van der Waals surface area contributed by atoms with E-state index in [0.29, 0.717) is 14.8 Å². The molecule has 1 aromatic carbocycles. The molecule has 9 nitrogen and oxygen atoms in total. The normalized spacial score (nSPS) is 16.9. The molecule has 2 amide bonds. The first-order chi connectivity index (χ1) is 21.8. The Morgan fingerprint density at radius 3 is 2.43 bits per heavy atom. The summed E-state index contributed by atoms with van der Waals surface area (Å²) in [5.41, 5.74) is 0.754. The second-order valence-corrected chi connectivity index (χ2v) is 12.9. The molecule has 4 aromatic rings. The van der Waals surface area contributed by atoms with E-state index < -0.39 is 43.0 Å². The number of carbonyl (C=O) groups excluding carboxylic acids is 2. The summed E-state index contributed by atoms with van der Waals surface area (Å²) in [5.74, 6) is -2.88. The Hall–Kier alpha value is -3.40. The molecule has 0 radical (unpaired) electrons. The monoisotopic (exact) mass is 724 g/mol. The molecule has 4 N–H and O–H groups in total. The van der Waals surface area contributed by atoms with E-state index in [-0.39, 0.29) is 76.5 Å². The highest BCUT2D eigenvalue weighted by molar-refractivity contribution is 7.18. The lowest BCUT2D eigenvalue weighted by molar-refractivity contribution is -0.182. The number of halogens is 8. The van der Waals surface area contributed by atoms with E-state index in [4.69, 9.17) is 39.5 Å². The van der Waals surface area contributed by atoms with Crippen LogP contribution in [0.15, 0.2) is 30.3 Å². The molecule has 46 heavy (non-hydrogen) atoms. The van der Waals surface area contributed by atoms with E-state index in [1.807, 2.05) is 0 Å². The molecule has 0 unspecified atom stereocenters. The van der Waals surface area contributed by atoms with Gasteiger partial charge in [-0.25, -0.2) is 8.78 Å². The number of thiophene rings is 1. The number of benzene rings is 1. The fraction of sp³-hybridized carbons (Fsp3) is 0.357. The number of alkyl halides is 5.